The molecule has 1 aliphatic rings. The van der Waals surface area contributed by atoms with E-state index in [2.05, 4.69) is 12.0 Å². The van der Waals surface area contributed by atoms with Crippen molar-refractivity contribution in [2.75, 3.05) is 5.73 Å². The molecular weight excluding hydrogens is 150 g/mol. The predicted octanol–water partition coefficient (Wildman–Crippen LogP) is 1.51. The van der Waals surface area contributed by atoms with Crippen LogP contribution < -0.4 is 5.73 Å². The molecular formula is C9H15N3. The molecule has 0 saturated heterocycles. The molecule has 0 aromatic carbocycles. The second kappa shape index (κ2) is 2.81. The van der Waals surface area contributed by atoms with Crippen molar-refractivity contribution in [2.45, 2.75) is 26.3 Å². The molecule has 0 aliphatic heterocycles. The van der Waals surface area contributed by atoms with Crippen LogP contribution in [0.1, 0.15) is 19.8 Å². The van der Waals surface area contributed by atoms with Gasteiger partial charge in [-0.15, -0.1) is 0 Å². The van der Waals surface area contributed by atoms with Crippen molar-refractivity contribution < 1.29 is 0 Å². The van der Waals surface area contributed by atoms with Gasteiger partial charge in [-0.25, -0.2) is 0 Å². The number of nitrogen functional groups attached to an aromatic ring is 1. The van der Waals surface area contributed by atoms with Gasteiger partial charge in [-0.05, 0) is 24.3 Å². The van der Waals surface area contributed by atoms with Crippen molar-refractivity contribution in [3.8, 4) is 0 Å². The topological polar surface area (TPSA) is 43.8 Å². The van der Waals surface area contributed by atoms with Crippen LogP contribution in [0, 0.1) is 11.8 Å². The average molecular weight is 165 g/mol. The fraction of sp³-hybridized carbons (Fsp3) is 0.667. The predicted molar refractivity (Wildman–Crippen MR) is 48.5 cm³/mol. The van der Waals surface area contributed by atoms with E-state index < -0.39 is 0 Å². The molecule has 0 amide bonds. The molecule has 1 heterocycles. The van der Waals surface area contributed by atoms with Crippen LogP contribution in [0.15, 0.2) is 12.3 Å². The molecule has 1 aliphatic carbocycles. The van der Waals surface area contributed by atoms with Crippen molar-refractivity contribution in [3.05, 3.63) is 12.3 Å². The van der Waals surface area contributed by atoms with Crippen molar-refractivity contribution in [2.24, 2.45) is 11.8 Å². The first-order valence-electron chi connectivity index (χ1n) is 4.54. The van der Waals surface area contributed by atoms with Gasteiger partial charge >= 0.3 is 0 Å². The maximum absolute atomic E-state index is 5.52. The van der Waals surface area contributed by atoms with E-state index in [1.807, 2.05) is 16.9 Å². The van der Waals surface area contributed by atoms with E-state index in [-0.39, 0.29) is 0 Å². The van der Waals surface area contributed by atoms with E-state index in [1.165, 1.54) is 12.8 Å². The van der Waals surface area contributed by atoms with E-state index in [0.29, 0.717) is 5.82 Å². The molecule has 12 heavy (non-hydrogen) atoms. The molecule has 2 N–H and O–H groups in total. The summed E-state index contributed by atoms with van der Waals surface area (Å²) in [6.45, 7) is 3.35. The van der Waals surface area contributed by atoms with Crippen molar-refractivity contribution in [3.63, 3.8) is 0 Å². The zero-order chi connectivity index (χ0) is 8.55. The number of hydrogen-bond donors (Lipinski definition) is 1. The summed E-state index contributed by atoms with van der Waals surface area (Å²) in [6, 6.07) is 1.85. The van der Waals surface area contributed by atoms with Crippen LogP contribution in [0.4, 0.5) is 5.82 Å². The standard InChI is InChI=1S/C9H15N3/c1-7-2-3-8(7)6-12-5-4-9(10)11-12/h4-5,7-8H,2-3,6H2,1H3,(H2,10,11)/t7-,8+/m0/s1. The van der Waals surface area contributed by atoms with Crippen LogP contribution in [-0.4, -0.2) is 9.78 Å². The highest BCUT2D eigenvalue weighted by Crippen LogP contribution is 2.34. The number of hydrogen-bond acceptors (Lipinski definition) is 2. The highest BCUT2D eigenvalue weighted by atomic mass is 15.3. The number of aromatic nitrogens is 2. The van der Waals surface area contributed by atoms with Crippen LogP contribution in [-0.2, 0) is 6.54 Å². The molecule has 3 nitrogen and oxygen atoms in total. The van der Waals surface area contributed by atoms with Gasteiger partial charge in [0.1, 0.15) is 5.82 Å². The lowest BCUT2D eigenvalue weighted by atomic mass is 9.75. The van der Waals surface area contributed by atoms with E-state index in [4.69, 9.17) is 5.73 Å². The molecule has 0 unspecified atom stereocenters. The first kappa shape index (κ1) is 7.65. The maximum Gasteiger partial charge on any atom is 0.145 e. The summed E-state index contributed by atoms with van der Waals surface area (Å²) in [7, 11) is 0. The smallest absolute Gasteiger partial charge is 0.145 e. The molecule has 1 fully saturated rings. The molecule has 1 aromatic heterocycles. The first-order valence-corrected chi connectivity index (χ1v) is 4.54. The lowest BCUT2D eigenvalue weighted by Crippen LogP contribution is -2.27. The van der Waals surface area contributed by atoms with Crippen LogP contribution in [0.3, 0.4) is 0 Å². The van der Waals surface area contributed by atoms with E-state index in [0.717, 1.165) is 18.4 Å². The summed E-state index contributed by atoms with van der Waals surface area (Å²) in [6.07, 6.45) is 4.68. The first-order chi connectivity index (χ1) is 5.75. The number of nitrogens with two attached hydrogens (primary N) is 1. The minimum absolute atomic E-state index is 0.627. The van der Waals surface area contributed by atoms with Crippen LogP contribution in [0.25, 0.3) is 0 Å². The fourth-order valence-corrected chi connectivity index (χ4v) is 1.73. The Kier molecular flexibility index (Phi) is 1.79. The van der Waals surface area contributed by atoms with Gasteiger partial charge in [0.15, 0.2) is 0 Å². The van der Waals surface area contributed by atoms with Gasteiger partial charge in [-0.2, -0.15) is 5.10 Å². The minimum Gasteiger partial charge on any atom is -0.382 e. The maximum atomic E-state index is 5.52. The van der Waals surface area contributed by atoms with Gasteiger partial charge in [0, 0.05) is 12.7 Å². The zero-order valence-electron chi connectivity index (χ0n) is 7.40. The molecule has 2 rings (SSSR count). The van der Waals surface area contributed by atoms with Crippen LogP contribution in [0.2, 0.25) is 0 Å². The third-order valence-corrected chi connectivity index (χ3v) is 2.88. The second-order valence-electron chi connectivity index (χ2n) is 3.78. The van der Waals surface area contributed by atoms with Gasteiger partial charge in [-0.1, -0.05) is 13.3 Å². The summed E-state index contributed by atoms with van der Waals surface area (Å²) in [5.74, 6) is 2.32. The molecule has 0 spiro atoms. The zero-order valence-corrected chi connectivity index (χ0v) is 7.40. The van der Waals surface area contributed by atoms with Crippen LogP contribution in [0.5, 0.6) is 0 Å². The largest absolute Gasteiger partial charge is 0.382 e. The summed E-state index contributed by atoms with van der Waals surface area (Å²) >= 11 is 0. The highest BCUT2D eigenvalue weighted by molar-refractivity contribution is 5.23. The fourth-order valence-electron chi connectivity index (χ4n) is 1.73. The molecule has 66 valence electrons. The van der Waals surface area contributed by atoms with Crippen molar-refractivity contribution >= 4 is 5.82 Å². The van der Waals surface area contributed by atoms with E-state index >= 15 is 0 Å². The summed E-state index contributed by atoms with van der Waals surface area (Å²) in [4.78, 5) is 0. The third-order valence-electron chi connectivity index (χ3n) is 2.88. The Labute approximate surface area is 72.6 Å². The van der Waals surface area contributed by atoms with E-state index in [9.17, 15) is 0 Å². The van der Waals surface area contributed by atoms with Crippen LogP contribution >= 0.6 is 0 Å². The normalized spacial score (nSPS) is 28.4. The molecule has 0 radical (unpaired) electrons. The molecule has 1 saturated carbocycles. The van der Waals surface area contributed by atoms with E-state index in [1.54, 1.807) is 0 Å². The highest BCUT2D eigenvalue weighted by Gasteiger charge is 2.26. The average Bonchev–Trinajstić information content (AvgIpc) is 2.44. The monoisotopic (exact) mass is 165 g/mol. The van der Waals surface area contributed by atoms with Crippen molar-refractivity contribution in [1.29, 1.82) is 0 Å². The molecule has 3 heteroatoms. The molecule has 0 bridgehead atoms. The SMILES string of the molecule is C[C@H]1CC[C@@H]1Cn1ccc(N)n1. The lowest BCUT2D eigenvalue weighted by molar-refractivity contribution is 0.165. The van der Waals surface area contributed by atoms with Gasteiger partial charge in [-0.3, -0.25) is 4.68 Å². The Morgan fingerprint density at radius 3 is 2.92 bits per heavy atom. The quantitative estimate of drug-likeness (QED) is 0.722. The van der Waals surface area contributed by atoms with Gasteiger partial charge in [0.05, 0.1) is 0 Å². The Morgan fingerprint density at radius 2 is 2.50 bits per heavy atom. The Balaban J connectivity index is 1.95. The summed E-state index contributed by atoms with van der Waals surface area (Å²) < 4.78 is 1.95. The Hall–Kier alpha value is -0.990. The third kappa shape index (κ3) is 1.31. The van der Waals surface area contributed by atoms with Gasteiger partial charge in [0.2, 0.25) is 0 Å². The molecule has 2 atom stereocenters. The lowest BCUT2D eigenvalue weighted by Gasteiger charge is -2.33. The second-order valence-corrected chi connectivity index (χ2v) is 3.78. The van der Waals surface area contributed by atoms with Gasteiger partial charge < -0.3 is 5.73 Å². The summed E-state index contributed by atoms with van der Waals surface area (Å²) in [5.41, 5.74) is 5.52. The number of anilines is 1. The van der Waals surface area contributed by atoms with Gasteiger partial charge in [0.25, 0.3) is 0 Å². The minimum atomic E-state index is 0.627. The Bertz CT molecular complexity index is 266. The Morgan fingerprint density at radius 1 is 1.67 bits per heavy atom. The van der Waals surface area contributed by atoms with Crippen molar-refractivity contribution in [1.82, 2.24) is 9.78 Å². The number of nitrogens with zero attached hydrogens (tertiary/aromatic N) is 2. The summed E-state index contributed by atoms with van der Waals surface area (Å²) in [5, 5.41) is 4.16. The molecule has 1 aromatic rings. The number of rotatable bonds is 2.